The van der Waals surface area contributed by atoms with E-state index in [1.807, 2.05) is 13.0 Å². The van der Waals surface area contributed by atoms with Crippen LogP contribution in [-0.4, -0.2) is 20.4 Å². The number of hydrogen-bond donors (Lipinski definition) is 1. The summed E-state index contributed by atoms with van der Waals surface area (Å²) in [6.45, 7) is 2.02. The van der Waals surface area contributed by atoms with Gasteiger partial charge < -0.3 is 0 Å². The highest BCUT2D eigenvalue weighted by molar-refractivity contribution is 5.60. The zero-order valence-corrected chi connectivity index (χ0v) is 6.65. The van der Waals surface area contributed by atoms with E-state index in [2.05, 4.69) is 20.4 Å². The van der Waals surface area contributed by atoms with Crippen LogP contribution in [0.25, 0.3) is 11.3 Å². The Balaban J connectivity index is 2.55. The molecule has 0 fully saturated rings. The second kappa shape index (κ2) is 2.73. The van der Waals surface area contributed by atoms with Crippen LogP contribution in [0.5, 0.6) is 0 Å². The zero-order chi connectivity index (χ0) is 8.39. The van der Waals surface area contributed by atoms with Gasteiger partial charge in [0.2, 0.25) is 0 Å². The minimum Gasteiger partial charge on any atom is -0.265 e. The summed E-state index contributed by atoms with van der Waals surface area (Å²) in [7, 11) is 0. The summed E-state index contributed by atoms with van der Waals surface area (Å²) in [6, 6.07) is 1.95. The van der Waals surface area contributed by atoms with Crippen molar-refractivity contribution in [2.45, 2.75) is 6.92 Å². The highest BCUT2D eigenvalue weighted by Crippen LogP contribution is 2.17. The molecule has 60 valence electrons. The first-order valence-electron chi connectivity index (χ1n) is 3.65. The second-order valence-corrected chi connectivity index (χ2v) is 2.55. The van der Waals surface area contributed by atoms with E-state index in [9.17, 15) is 0 Å². The van der Waals surface area contributed by atoms with Gasteiger partial charge in [-0.05, 0) is 18.6 Å². The van der Waals surface area contributed by atoms with E-state index in [0.717, 1.165) is 16.8 Å². The number of pyridine rings is 1. The average molecular weight is 160 g/mol. The van der Waals surface area contributed by atoms with Crippen LogP contribution in [-0.2, 0) is 0 Å². The number of aryl methyl sites for hydroxylation is 1. The molecule has 0 radical (unpaired) electrons. The van der Waals surface area contributed by atoms with Crippen molar-refractivity contribution in [3.05, 3.63) is 30.2 Å². The Morgan fingerprint density at radius 3 is 3.00 bits per heavy atom. The molecule has 12 heavy (non-hydrogen) atoms. The fourth-order valence-electron chi connectivity index (χ4n) is 1.07. The van der Waals surface area contributed by atoms with Gasteiger partial charge in [0, 0.05) is 18.0 Å². The summed E-state index contributed by atoms with van der Waals surface area (Å²) >= 11 is 0. The molecule has 2 heterocycles. The Hall–Kier alpha value is -1.71. The predicted molar refractivity (Wildman–Crippen MR) is 44.4 cm³/mol. The third-order valence-corrected chi connectivity index (χ3v) is 1.73. The van der Waals surface area contributed by atoms with Crippen LogP contribution in [0.4, 0.5) is 0 Å². The van der Waals surface area contributed by atoms with Crippen LogP contribution in [0.2, 0.25) is 0 Å². The Bertz CT molecular complexity index is 366. The van der Waals surface area contributed by atoms with Gasteiger partial charge in [-0.1, -0.05) is 5.21 Å². The molecule has 0 aliphatic rings. The lowest BCUT2D eigenvalue weighted by Gasteiger charge is -1.97. The highest BCUT2D eigenvalue weighted by Gasteiger charge is 2.02. The van der Waals surface area contributed by atoms with Gasteiger partial charge in [-0.3, -0.25) is 10.1 Å². The van der Waals surface area contributed by atoms with E-state index < -0.39 is 0 Å². The summed E-state index contributed by atoms with van der Waals surface area (Å²) in [4.78, 5) is 4.02. The molecule has 0 aliphatic carbocycles. The molecule has 4 heteroatoms. The Morgan fingerprint density at radius 2 is 2.33 bits per heavy atom. The topological polar surface area (TPSA) is 54.5 Å². The fraction of sp³-hybridized carbons (Fsp3) is 0.125. The van der Waals surface area contributed by atoms with Gasteiger partial charge in [-0.15, -0.1) is 5.10 Å². The first kappa shape index (κ1) is 6.97. The minimum atomic E-state index is 0.834. The van der Waals surface area contributed by atoms with Crippen molar-refractivity contribution >= 4 is 0 Å². The van der Waals surface area contributed by atoms with Gasteiger partial charge in [0.05, 0.1) is 6.20 Å². The maximum atomic E-state index is 4.02. The summed E-state index contributed by atoms with van der Waals surface area (Å²) in [5, 5.41) is 10.2. The fourth-order valence-corrected chi connectivity index (χ4v) is 1.07. The molecule has 0 aromatic carbocycles. The summed E-state index contributed by atoms with van der Waals surface area (Å²) < 4.78 is 0. The van der Waals surface area contributed by atoms with Crippen molar-refractivity contribution in [2.75, 3.05) is 0 Å². The number of aromatic amines is 1. The van der Waals surface area contributed by atoms with Crippen molar-refractivity contribution in [1.82, 2.24) is 20.4 Å². The van der Waals surface area contributed by atoms with E-state index in [1.54, 1.807) is 18.6 Å². The van der Waals surface area contributed by atoms with Crippen LogP contribution in [0.15, 0.2) is 24.7 Å². The summed E-state index contributed by atoms with van der Waals surface area (Å²) in [5.74, 6) is 0. The number of nitrogens with zero attached hydrogens (tertiary/aromatic N) is 3. The van der Waals surface area contributed by atoms with Gasteiger partial charge in [0.1, 0.15) is 5.69 Å². The maximum absolute atomic E-state index is 4.02. The number of H-pyrrole nitrogens is 1. The van der Waals surface area contributed by atoms with Crippen LogP contribution < -0.4 is 0 Å². The van der Waals surface area contributed by atoms with E-state index in [-0.39, 0.29) is 0 Å². The van der Waals surface area contributed by atoms with Crippen molar-refractivity contribution in [2.24, 2.45) is 0 Å². The van der Waals surface area contributed by atoms with E-state index in [1.165, 1.54) is 0 Å². The molecule has 0 atom stereocenters. The number of aromatic nitrogens is 4. The first-order chi connectivity index (χ1) is 5.88. The van der Waals surface area contributed by atoms with Crippen molar-refractivity contribution in [3.63, 3.8) is 0 Å². The SMILES string of the molecule is Cc1ccncc1-c1c[nH]nn1. The largest absolute Gasteiger partial charge is 0.265 e. The second-order valence-electron chi connectivity index (χ2n) is 2.55. The lowest BCUT2D eigenvalue weighted by atomic mass is 10.1. The van der Waals surface area contributed by atoms with Gasteiger partial charge in [0.15, 0.2) is 0 Å². The average Bonchev–Trinajstić information content (AvgIpc) is 2.57. The van der Waals surface area contributed by atoms with Crippen LogP contribution in [0, 0.1) is 6.92 Å². The van der Waals surface area contributed by atoms with E-state index in [4.69, 9.17) is 0 Å². The Morgan fingerprint density at radius 1 is 1.42 bits per heavy atom. The zero-order valence-electron chi connectivity index (χ0n) is 6.65. The van der Waals surface area contributed by atoms with Gasteiger partial charge in [0.25, 0.3) is 0 Å². The summed E-state index contributed by atoms with van der Waals surface area (Å²) in [6.07, 6.45) is 5.30. The number of rotatable bonds is 1. The number of nitrogens with one attached hydrogen (secondary N) is 1. The molecule has 1 N–H and O–H groups in total. The highest BCUT2D eigenvalue weighted by atomic mass is 15.3. The molecule has 0 amide bonds. The summed E-state index contributed by atoms with van der Waals surface area (Å²) in [5.41, 5.74) is 3.01. The van der Waals surface area contributed by atoms with Crippen LogP contribution in [0.3, 0.4) is 0 Å². The van der Waals surface area contributed by atoms with E-state index in [0.29, 0.717) is 0 Å². The van der Waals surface area contributed by atoms with E-state index >= 15 is 0 Å². The molecule has 4 nitrogen and oxygen atoms in total. The van der Waals surface area contributed by atoms with Gasteiger partial charge in [-0.25, -0.2) is 0 Å². The molecule has 0 aliphatic heterocycles. The first-order valence-corrected chi connectivity index (χ1v) is 3.65. The lowest BCUT2D eigenvalue weighted by Crippen LogP contribution is -1.84. The molecule has 2 aromatic rings. The molecule has 0 spiro atoms. The molecular formula is C8H8N4. The monoisotopic (exact) mass is 160 g/mol. The maximum Gasteiger partial charge on any atom is 0.114 e. The molecule has 0 unspecified atom stereocenters. The lowest BCUT2D eigenvalue weighted by molar-refractivity contribution is 0.941. The molecular weight excluding hydrogens is 152 g/mol. The molecule has 0 bridgehead atoms. The smallest absolute Gasteiger partial charge is 0.114 e. The molecule has 2 aromatic heterocycles. The van der Waals surface area contributed by atoms with Crippen molar-refractivity contribution in [1.29, 1.82) is 0 Å². The molecule has 0 saturated heterocycles. The standard InChI is InChI=1S/C8H8N4/c1-6-2-3-9-4-7(6)8-5-10-12-11-8/h2-5H,1H3,(H,10,11,12). The predicted octanol–water partition coefficient (Wildman–Crippen LogP) is 1.18. The third kappa shape index (κ3) is 1.07. The normalized spacial score (nSPS) is 10.1. The molecule has 0 saturated carbocycles. The Labute approximate surface area is 69.7 Å². The third-order valence-electron chi connectivity index (χ3n) is 1.73. The van der Waals surface area contributed by atoms with Crippen LogP contribution in [0.1, 0.15) is 5.56 Å². The van der Waals surface area contributed by atoms with Crippen LogP contribution >= 0.6 is 0 Å². The number of hydrogen-bond acceptors (Lipinski definition) is 3. The molecule has 2 rings (SSSR count). The van der Waals surface area contributed by atoms with Crippen molar-refractivity contribution in [3.8, 4) is 11.3 Å². The Kier molecular flexibility index (Phi) is 1.59. The van der Waals surface area contributed by atoms with Gasteiger partial charge >= 0.3 is 0 Å². The quantitative estimate of drug-likeness (QED) is 0.681. The minimum absolute atomic E-state index is 0.834. The van der Waals surface area contributed by atoms with Crippen molar-refractivity contribution < 1.29 is 0 Å². The van der Waals surface area contributed by atoms with Gasteiger partial charge in [-0.2, -0.15) is 0 Å².